The van der Waals surface area contributed by atoms with Gasteiger partial charge in [0.15, 0.2) is 4.90 Å². The average Bonchev–Trinajstić information content (AvgIpc) is 2.96. The predicted octanol–water partition coefficient (Wildman–Crippen LogP) is 3.99. The lowest BCUT2D eigenvalue weighted by atomic mass is 9.95. The lowest BCUT2D eigenvalue weighted by Gasteiger charge is -2.45. The number of methoxy groups -OCH3 is 1. The van der Waals surface area contributed by atoms with Crippen molar-refractivity contribution in [1.82, 2.24) is 10.2 Å². The Balaban J connectivity index is 1.63. The maximum atomic E-state index is 13.5. The van der Waals surface area contributed by atoms with E-state index in [0.29, 0.717) is 33.7 Å². The maximum absolute atomic E-state index is 13.5. The summed E-state index contributed by atoms with van der Waals surface area (Å²) in [6, 6.07) is 12.4. The van der Waals surface area contributed by atoms with Crippen molar-refractivity contribution in [2.45, 2.75) is 69.1 Å². The van der Waals surface area contributed by atoms with Gasteiger partial charge in [-0.05, 0) is 62.7 Å². The number of fused-ring (bicyclic) bond motifs is 2. The average molecular weight is 456 g/mol. The van der Waals surface area contributed by atoms with Gasteiger partial charge < -0.3 is 20.3 Å². The number of nitrogens with two attached hydrogens (primary N) is 1. The lowest BCUT2D eigenvalue weighted by Crippen LogP contribution is -2.60. The van der Waals surface area contributed by atoms with Crippen LogP contribution in [0.25, 0.3) is 0 Å². The van der Waals surface area contributed by atoms with E-state index >= 15 is 0 Å². The molecule has 6 nitrogen and oxygen atoms in total. The molecule has 2 heterocycles. The van der Waals surface area contributed by atoms with E-state index in [1.165, 1.54) is 18.2 Å². The Bertz CT molecular complexity index is 977. The van der Waals surface area contributed by atoms with Crippen molar-refractivity contribution in [3.8, 4) is 5.75 Å². The summed E-state index contributed by atoms with van der Waals surface area (Å²) in [6.07, 6.45) is 5.19. The molecule has 3 atom stereocenters. The van der Waals surface area contributed by atoms with Crippen molar-refractivity contribution in [2.75, 3.05) is 18.6 Å². The summed E-state index contributed by atoms with van der Waals surface area (Å²) in [5, 5.41) is 3.37. The Hall–Kier alpha value is -2.22. The van der Waals surface area contributed by atoms with Crippen LogP contribution in [0.3, 0.4) is 0 Å². The number of rotatable bonds is 7. The monoisotopic (exact) mass is 455 g/mol. The molecule has 0 spiro atoms. The van der Waals surface area contributed by atoms with Gasteiger partial charge in [-0.15, -0.1) is 0 Å². The third-order valence-electron chi connectivity index (χ3n) is 6.91. The van der Waals surface area contributed by atoms with Crippen LogP contribution in [0, 0.1) is 6.92 Å². The molecule has 0 aromatic heterocycles. The van der Waals surface area contributed by atoms with Crippen molar-refractivity contribution in [3.05, 3.63) is 53.1 Å². The number of carbonyl (C=O) groups excluding carboxylic acids is 1. The molecule has 3 N–H and O–H groups in total. The highest BCUT2D eigenvalue weighted by Crippen LogP contribution is 2.44. The van der Waals surface area contributed by atoms with Gasteiger partial charge in [0.1, 0.15) is 11.5 Å². The first kappa shape index (κ1) is 23.0. The molecule has 0 radical (unpaired) electrons. The molecule has 2 saturated heterocycles. The van der Waals surface area contributed by atoms with Crippen molar-refractivity contribution in [1.29, 1.82) is 0 Å². The quantitative estimate of drug-likeness (QED) is 0.487. The standard InChI is InChI=1S/C25H33N3O3S/c1-4-32(30)23-14-20(22(31-3)15-21(23)26)24(29)27-25-12-5-6-19(11-13-25)28(25)16-18-9-7-17(2)8-10-18/h7-10,14-15,19H,4-6,11-13,16,26H2,1-3H3,(H,27,29). The Morgan fingerprint density at radius 1 is 1.28 bits per heavy atom. The highest BCUT2D eigenvalue weighted by Gasteiger charge is 2.49. The number of anilines is 1. The second kappa shape index (κ2) is 9.33. The van der Waals surface area contributed by atoms with Gasteiger partial charge in [0, 0.05) is 24.7 Å². The molecule has 2 fully saturated rings. The summed E-state index contributed by atoms with van der Waals surface area (Å²) in [5.41, 5.74) is 8.99. The largest absolute Gasteiger partial charge is 0.611 e. The van der Waals surface area contributed by atoms with Gasteiger partial charge in [-0.25, -0.2) is 0 Å². The number of piperidine rings is 1. The lowest BCUT2D eigenvalue weighted by molar-refractivity contribution is 0.0184. The van der Waals surface area contributed by atoms with Gasteiger partial charge in [0.25, 0.3) is 5.91 Å². The summed E-state index contributed by atoms with van der Waals surface area (Å²) in [4.78, 5) is 16.5. The first-order valence-corrected chi connectivity index (χ1v) is 12.7. The number of aryl methyl sites for hydroxylation is 1. The van der Waals surface area contributed by atoms with Crippen LogP contribution in [0.2, 0.25) is 0 Å². The van der Waals surface area contributed by atoms with Crippen molar-refractivity contribution < 1.29 is 14.1 Å². The SMILES string of the molecule is CC[S+]([O-])c1cc(C(=O)NC23CCCC(CC2)N3Cc2ccc(C)cc2)c(OC)cc1N. The summed E-state index contributed by atoms with van der Waals surface area (Å²) in [6.45, 7) is 4.74. The molecule has 172 valence electrons. The van der Waals surface area contributed by atoms with Crippen LogP contribution >= 0.6 is 0 Å². The molecule has 2 bridgehead atoms. The minimum atomic E-state index is -1.26. The number of nitrogens with zero attached hydrogens (tertiary/aromatic N) is 1. The van der Waals surface area contributed by atoms with Gasteiger partial charge in [0.05, 0.1) is 24.0 Å². The molecule has 2 aliphatic rings. The zero-order chi connectivity index (χ0) is 22.9. The number of hydrogen-bond acceptors (Lipinski definition) is 5. The van der Waals surface area contributed by atoms with Crippen LogP contribution in [0.15, 0.2) is 41.3 Å². The normalized spacial score (nSPS) is 23.7. The fourth-order valence-corrected chi connectivity index (χ4v) is 6.06. The summed E-state index contributed by atoms with van der Waals surface area (Å²) in [7, 11) is 1.52. The molecule has 0 aliphatic carbocycles. The molecule has 4 rings (SSSR count). The third kappa shape index (κ3) is 4.34. The molecule has 2 aromatic carbocycles. The Morgan fingerprint density at radius 2 is 2.03 bits per heavy atom. The number of amides is 1. The summed E-state index contributed by atoms with van der Waals surface area (Å²) < 4.78 is 17.9. The Labute approximate surface area is 193 Å². The van der Waals surface area contributed by atoms with E-state index in [1.807, 2.05) is 6.92 Å². The smallest absolute Gasteiger partial charge is 0.256 e. The Kier molecular flexibility index (Phi) is 6.70. The van der Waals surface area contributed by atoms with E-state index in [2.05, 4.69) is 41.4 Å². The number of nitrogen functional groups attached to an aromatic ring is 1. The number of nitrogens with one attached hydrogen (secondary N) is 1. The van der Waals surface area contributed by atoms with Crippen LogP contribution in [0.5, 0.6) is 5.75 Å². The van der Waals surface area contributed by atoms with Crippen LogP contribution in [-0.4, -0.2) is 39.9 Å². The predicted molar refractivity (Wildman–Crippen MR) is 128 cm³/mol. The maximum Gasteiger partial charge on any atom is 0.256 e. The molecule has 2 aliphatic heterocycles. The van der Waals surface area contributed by atoms with Gasteiger partial charge in [-0.1, -0.05) is 29.8 Å². The molecular weight excluding hydrogens is 422 g/mol. The van der Waals surface area contributed by atoms with E-state index in [9.17, 15) is 9.35 Å². The van der Waals surface area contributed by atoms with E-state index in [-0.39, 0.29) is 11.6 Å². The number of carbonyl (C=O) groups is 1. The molecule has 1 amide bonds. The third-order valence-corrected chi connectivity index (χ3v) is 8.28. The molecular formula is C25H33N3O3S. The second-order valence-electron chi connectivity index (χ2n) is 8.91. The van der Waals surface area contributed by atoms with E-state index in [0.717, 1.165) is 38.6 Å². The first-order valence-electron chi connectivity index (χ1n) is 11.4. The molecule has 0 saturated carbocycles. The van der Waals surface area contributed by atoms with Gasteiger partial charge >= 0.3 is 0 Å². The van der Waals surface area contributed by atoms with Crippen molar-refractivity contribution >= 4 is 22.8 Å². The molecule has 7 heteroatoms. The second-order valence-corrected chi connectivity index (χ2v) is 10.6. The number of hydrogen-bond donors (Lipinski definition) is 2. The van der Waals surface area contributed by atoms with Crippen molar-refractivity contribution in [2.24, 2.45) is 0 Å². The Morgan fingerprint density at radius 3 is 2.72 bits per heavy atom. The molecule has 2 aromatic rings. The summed E-state index contributed by atoms with van der Waals surface area (Å²) in [5.74, 6) is 0.643. The fraction of sp³-hybridized carbons (Fsp3) is 0.480. The minimum Gasteiger partial charge on any atom is -0.611 e. The van der Waals surface area contributed by atoms with Crippen LogP contribution < -0.4 is 15.8 Å². The highest BCUT2D eigenvalue weighted by atomic mass is 32.2. The fourth-order valence-electron chi connectivity index (χ4n) is 5.17. The topological polar surface area (TPSA) is 90.6 Å². The van der Waals surface area contributed by atoms with Gasteiger partial charge in [-0.3, -0.25) is 9.69 Å². The first-order chi connectivity index (χ1) is 15.4. The number of ether oxygens (including phenoxy) is 1. The van der Waals surface area contributed by atoms with Crippen LogP contribution in [0.4, 0.5) is 5.69 Å². The minimum absolute atomic E-state index is 0.201. The van der Waals surface area contributed by atoms with Crippen LogP contribution in [0.1, 0.15) is 60.5 Å². The van der Waals surface area contributed by atoms with Crippen molar-refractivity contribution in [3.63, 3.8) is 0 Å². The molecule has 32 heavy (non-hydrogen) atoms. The number of benzene rings is 2. The zero-order valence-electron chi connectivity index (χ0n) is 19.1. The van der Waals surface area contributed by atoms with Gasteiger partial charge in [0.2, 0.25) is 0 Å². The van der Waals surface area contributed by atoms with Crippen LogP contribution in [-0.2, 0) is 17.7 Å². The molecule has 3 unspecified atom stereocenters. The van der Waals surface area contributed by atoms with E-state index < -0.39 is 11.2 Å². The summed E-state index contributed by atoms with van der Waals surface area (Å²) >= 11 is -1.26. The zero-order valence-corrected chi connectivity index (χ0v) is 20.0. The van der Waals surface area contributed by atoms with E-state index in [1.54, 1.807) is 12.1 Å². The van der Waals surface area contributed by atoms with E-state index in [4.69, 9.17) is 10.5 Å². The van der Waals surface area contributed by atoms with Gasteiger partial charge in [-0.2, -0.15) is 0 Å². The highest BCUT2D eigenvalue weighted by molar-refractivity contribution is 7.91.